The molecule has 1 unspecified atom stereocenters. The Balaban J connectivity index is 2.84. The zero-order valence-corrected chi connectivity index (χ0v) is 12.7. The Kier molecular flexibility index (Phi) is 6.27. The largest absolute Gasteiger partial charge is 0.467 e. The average molecular weight is 315 g/mol. The van der Waals surface area contributed by atoms with Crippen LogP contribution in [0.2, 0.25) is 0 Å². The van der Waals surface area contributed by atoms with Crippen LogP contribution in [-0.4, -0.2) is 31.1 Å². The summed E-state index contributed by atoms with van der Waals surface area (Å²) in [5, 5.41) is 2.62. The van der Waals surface area contributed by atoms with E-state index in [2.05, 4.69) is 10.1 Å². The van der Waals surface area contributed by atoms with Crippen molar-refractivity contribution in [1.29, 1.82) is 0 Å². The molecule has 1 N–H and O–H groups in total. The van der Waals surface area contributed by atoms with Crippen LogP contribution in [-0.2, 0) is 9.53 Å². The van der Waals surface area contributed by atoms with Gasteiger partial charge in [0.05, 0.1) is 7.11 Å². The lowest BCUT2D eigenvalue weighted by Crippen LogP contribution is -2.52. The van der Waals surface area contributed by atoms with E-state index in [0.717, 1.165) is 0 Å². The molecule has 0 aliphatic rings. The van der Waals surface area contributed by atoms with Gasteiger partial charge in [0, 0.05) is 5.56 Å². The smallest absolute Gasteiger partial charge is 0.387 e. The number of benzene rings is 1. The van der Waals surface area contributed by atoms with Crippen molar-refractivity contribution in [1.82, 2.24) is 5.32 Å². The molecule has 5 nitrogen and oxygen atoms in total. The Morgan fingerprint density at radius 2 is 1.86 bits per heavy atom. The second-order valence-electron chi connectivity index (χ2n) is 4.93. The second kappa shape index (κ2) is 7.72. The lowest BCUT2D eigenvalue weighted by atomic mass is 9.95. The van der Waals surface area contributed by atoms with Gasteiger partial charge in [0.25, 0.3) is 5.91 Å². The van der Waals surface area contributed by atoms with E-state index in [1.165, 1.54) is 31.4 Å². The molecule has 0 fully saturated rings. The number of carbonyl (C=O) groups excluding carboxylic acids is 2. The zero-order valence-electron chi connectivity index (χ0n) is 12.7. The minimum absolute atomic E-state index is 0.0455. The minimum atomic E-state index is -2.92. The molecule has 0 aliphatic carbocycles. The number of hydrogen-bond acceptors (Lipinski definition) is 4. The van der Waals surface area contributed by atoms with Crippen molar-refractivity contribution in [2.45, 2.75) is 38.8 Å². The third-order valence-corrected chi connectivity index (χ3v) is 3.12. The van der Waals surface area contributed by atoms with Crippen molar-refractivity contribution in [3.63, 3.8) is 0 Å². The van der Waals surface area contributed by atoms with Crippen LogP contribution in [0.5, 0.6) is 5.75 Å². The van der Waals surface area contributed by atoms with Gasteiger partial charge in [0.1, 0.15) is 11.3 Å². The standard InChI is InChI=1S/C15H19F2NO4/c1-4-9-15(2,13(20)21-3)18-12(19)10-5-7-11(8-6-10)22-14(16)17/h5-8,14H,4,9H2,1-3H3,(H,18,19). The summed E-state index contributed by atoms with van der Waals surface area (Å²) in [4.78, 5) is 24.0. The first-order valence-corrected chi connectivity index (χ1v) is 6.78. The predicted octanol–water partition coefficient (Wildman–Crippen LogP) is 2.75. The number of rotatable bonds is 7. The fourth-order valence-electron chi connectivity index (χ4n) is 2.05. The summed E-state index contributed by atoms with van der Waals surface area (Å²) in [5.41, 5.74) is -0.911. The zero-order chi connectivity index (χ0) is 16.8. The first-order chi connectivity index (χ1) is 10.3. The summed E-state index contributed by atoms with van der Waals surface area (Å²) in [6, 6.07) is 5.21. The van der Waals surface area contributed by atoms with Crippen molar-refractivity contribution in [3.05, 3.63) is 29.8 Å². The minimum Gasteiger partial charge on any atom is -0.467 e. The van der Waals surface area contributed by atoms with Gasteiger partial charge in [-0.2, -0.15) is 8.78 Å². The van der Waals surface area contributed by atoms with Gasteiger partial charge >= 0.3 is 12.6 Å². The van der Waals surface area contributed by atoms with Gasteiger partial charge in [-0.15, -0.1) is 0 Å². The van der Waals surface area contributed by atoms with Crippen LogP contribution in [0.25, 0.3) is 0 Å². The highest BCUT2D eigenvalue weighted by Crippen LogP contribution is 2.18. The van der Waals surface area contributed by atoms with Gasteiger partial charge in [-0.1, -0.05) is 13.3 Å². The van der Waals surface area contributed by atoms with E-state index >= 15 is 0 Å². The lowest BCUT2D eigenvalue weighted by molar-refractivity contribution is -0.147. The molecule has 1 aromatic carbocycles. The maximum Gasteiger partial charge on any atom is 0.387 e. The summed E-state index contributed by atoms with van der Waals surface area (Å²) in [6.45, 7) is 0.532. The molecule has 0 saturated carbocycles. The number of ether oxygens (including phenoxy) is 2. The molecule has 1 amide bonds. The molecule has 122 valence electrons. The molecular formula is C15H19F2NO4. The van der Waals surface area contributed by atoms with Crippen LogP contribution in [0.15, 0.2) is 24.3 Å². The molecule has 0 spiro atoms. The van der Waals surface area contributed by atoms with Crippen LogP contribution in [0.3, 0.4) is 0 Å². The summed E-state index contributed by atoms with van der Waals surface area (Å²) in [7, 11) is 1.25. The van der Waals surface area contributed by atoms with Gasteiger partial charge in [0.2, 0.25) is 0 Å². The van der Waals surface area contributed by atoms with Crippen LogP contribution in [0.1, 0.15) is 37.0 Å². The van der Waals surface area contributed by atoms with Gasteiger partial charge in [-0.05, 0) is 37.6 Å². The monoisotopic (exact) mass is 315 g/mol. The number of amides is 1. The highest BCUT2D eigenvalue weighted by Gasteiger charge is 2.35. The molecular weight excluding hydrogens is 296 g/mol. The van der Waals surface area contributed by atoms with Gasteiger partial charge < -0.3 is 14.8 Å². The quantitative estimate of drug-likeness (QED) is 0.786. The predicted molar refractivity (Wildman–Crippen MR) is 75.9 cm³/mol. The van der Waals surface area contributed by atoms with Crippen molar-refractivity contribution in [3.8, 4) is 5.75 Å². The number of nitrogens with one attached hydrogen (secondary N) is 1. The molecule has 0 saturated heterocycles. The van der Waals surface area contributed by atoms with Crippen molar-refractivity contribution < 1.29 is 27.8 Å². The highest BCUT2D eigenvalue weighted by molar-refractivity contribution is 5.98. The van der Waals surface area contributed by atoms with E-state index in [4.69, 9.17) is 4.74 Å². The number of methoxy groups -OCH3 is 1. The van der Waals surface area contributed by atoms with Crippen LogP contribution in [0, 0.1) is 0 Å². The molecule has 0 heterocycles. The summed E-state index contributed by atoms with van der Waals surface area (Å²) in [6.07, 6.45) is 1.09. The van der Waals surface area contributed by atoms with E-state index in [1.807, 2.05) is 6.92 Å². The molecule has 0 aromatic heterocycles. The van der Waals surface area contributed by atoms with E-state index in [1.54, 1.807) is 6.92 Å². The van der Waals surface area contributed by atoms with Crippen LogP contribution < -0.4 is 10.1 Å². The van der Waals surface area contributed by atoms with Crippen molar-refractivity contribution >= 4 is 11.9 Å². The van der Waals surface area contributed by atoms with Crippen LogP contribution in [0.4, 0.5) is 8.78 Å². The average Bonchev–Trinajstić information content (AvgIpc) is 2.46. The molecule has 22 heavy (non-hydrogen) atoms. The van der Waals surface area contributed by atoms with E-state index < -0.39 is 24.0 Å². The number of esters is 1. The van der Waals surface area contributed by atoms with Gasteiger partial charge in [-0.25, -0.2) is 4.79 Å². The Hall–Kier alpha value is -2.18. The van der Waals surface area contributed by atoms with Crippen molar-refractivity contribution in [2.75, 3.05) is 7.11 Å². The Morgan fingerprint density at radius 1 is 1.27 bits per heavy atom. The molecule has 0 bridgehead atoms. The Bertz CT molecular complexity index is 519. The van der Waals surface area contributed by atoms with E-state index in [9.17, 15) is 18.4 Å². The number of carbonyl (C=O) groups is 2. The summed E-state index contributed by atoms with van der Waals surface area (Å²) < 4.78 is 33.0. The van der Waals surface area contributed by atoms with Gasteiger partial charge in [0.15, 0.2) is 0 Å². The fraction of sp³-hybridized carbons (Fsp3) is 0.467. The first-order valence-electron chi connectivity index (χ1n) is 6.78. The molecule has 7 heteroatoms. The number of halogens is 2. The number of alkyl halides is 2. The van der Waals surface area contributed by atoms with E-state index in [0.29, 0.717) is 12.8 Å². The lowest BCUT2D eigenvalue weighted by Gasteiger charge is -2.27. The molecule has 1 rings (SSSR count). The Labute approximate surface area is 127 Å². The molecule has 1 atom stereocenters. The normalized spacial score (nSPS) is 13.4. The third kappa shape index (κ3) is 4.68. The molecule has 0 aliphatic heterocycles. The van der Waals surface area contributed by atoms with E-state index in [-0.39, 0.29) is 11.3 Å². The fourth-order valence-corrected chi connectivity index (χ4v) is 2.05. The highest BCUT2D eigenvalue weighted by atomic mass is 19.3. The first kappa shape index (κ1) is 17.9. The SMILES string of the molecule is CCCC(C)(NC(=O)c1ccc(OC(F)F)cc1)C(=O)OC. The van der Waals surface area contributed by atoms with Gasteiger partial charge in [-0.3, -0.25) is 4.79 Å². The molecule has 0 radical (unpaired) electrons. The van der Waals surface area contributed by atoms with Crippen molar-refractivity contribution in [2.24, 2.45) is 0 Å². The summed E-state index contributed by atoms with van der Waals surface area (Å²) in [5.74, 6) is -1.08. The second-order valence-corrected chi connectivity index (χ2v) is 4.93. The maximum absolute atomic E-state index is 12.2. The third-order valence-electron chi connectivity index (χ3n) is 3.12. The van der Waals surface area contributed by atoms with Crippen LogP contribution >= 0.6 is 0 Å². The maximum atomic E-state index is 12.2. The summed E-state index contributed by atoms with van der Waals surface area (Å²) >= 11 is 0. The number of hydrogen-bond donors (Lipinski definition) is 1. The topological polar surface area (TPSA) is 64.6 Å². The molecule has 1 aromatic rings. The Morgan fingerprint density at radius 3 is 2.32 bits per heavy atom.